The predicted octanol–water partition coefficient (Wildman–Crippen LogP) is -1.14. The van der Waals surface area contributed by atoms with E-state index in [1.165, 1.54) is 6.92 Å². The fraction of sp³-hybridized carbons (Fsp3) is 0.667. The van der Waals surface area contributed by atoms with Crippen LogP contribution in [0, 0.1) is 0 Å². The predicted molar refractivity (Wildman–Crippen MR) is 40.6 cm³/mol. The second kappa shape index (κ2) is 7.17. The lowest BCUT2D eigenvalue weighted by molar-refractivity contribution is -0.138. The second-order valence-electron chi connectivity index (χ2n) is 2.03. The summed E-state index contributed by atoms with van der Waals surface area (Å²) in [5.74, 6) is -0.963. The maximum atomic E-state index is 9.57. The second-order valence-corrected chi connectivity index (χ2v) is 2.03. The van der Waals surface area contributed by atoms with Crippen LogP contribution >= 0.6 is 0 Å². The third kappa shape index (κ3) is 17.6. The first kappa shape index (κ1) is 12.7. The number of carbonyl (C=O) groups excluding carboxylic acids is 1. The SMILES string of the molecule is C[C@@H](N)C(=O)O.C[C@@H](N)[C]=O. The molecule has 0 aliphatic rings. The summed E-state index contributed by atoms with van der Waals surface area (Å²) >= 11 is 0. The van der Waals surface area contributed by atoms with Gasteiger partial charge in [0.05, 0.1) is 6.04 Å². The Balaban J connectivity index is 0. The van der Waals surface area contributed by atoms with Gasteiger partial charge in [-0.2, -0.15) is 0 Å². The highest BCUT2D eigenvalue weighted by Crippen LogP contribution is 1.68. The topological polar surface area (TPSA) is 106 Å². The van der Waals surface area contributed by atoms with Gasteiger partial charge in [-0.1, -0.05) is 0 Å². The number of hydrogen-bond donors (Lipinski definition) is 3. The van der Waals surface area contributed by atoms with Crippen LogP contribution in [0.5, 0.6) is 0 Å². The molecule has 0 fully saturated rings. The molecule has 11 heavy (non-hydrogen) atoms. The van der Waals surface area contributed by atoms with Gasteiger partial charge in [0.25, 0.3) is 0 Å². The molecule has 0 rings (SSSR count). The lowest BCUT2D eigenvalue weighted by Crippen LogP contribution is -2.25. The molecule has 2 atom stereocenters. The highest BCUT2D eigenvalue weighted by atomic mass is 16.4. The summed E-state index contributed by atoms with van der Waals surface area (Å²) in [7, 11) is 0. The molecule has 5 heteroatoms. The standard InChI is InChI=1S/C3H7NO2.C3H6NO/c1-2(4)3(5)6;1-3(4)2-5/h2H,4H2,1H3,(H,5,6);3H,4H2,1H3/t2-;3-/m11/s1. The zero-order valence-corrected chi connectivity index (χ0v) is 6.57. The summed E-state index contributed by atoms with van der Waals surface area (Å²) in [5, 5.41) is 7.87. The Hall–Kier alpha value is -0.940. The van der Waals surface area contributed by atoms with Gasteiger partial charge in [-0.05, 0) is 13.8 Å². The van der Waals surface area contributed by atoms with Crippen LogP contribution in [0.15, 0.2) is 0 Å². The lowest BCUT2D eigenvalue weighted by Gasteiger charge is -1.90. The van der Waals surface area contributed by atoms with E-state index in [1.54, 1.807) is 13.2 Å². The van der Waals surface area contributed by atoms with Crippen LogP contribution in [0.4, 0.5) is 0 Å². The summed E-state index contributed by atoms with van der Waals surface area (Å²) in [6.45, 7) is 3.00. The van der Waals surface area contributed by atoms with Crippen molar-refractivity contribution >= 4 is 12.3 Å². The van der Waals surface area contributed by atoms with Crippen molar-refractivity contribution in [1.82, 2.24) is 0 Å². The van der Waals surface area contributed by atoms with Gasteiger partial charge < -0.3 is 16.6 Å². The molecular weight excluding hydrogens is 148 g/mol. The molecule has 0 aromatic carbocycles. The zero-order valence-electron chi connectivity index (χ0n) is 6.57. The molecule has 0 amide bonds. The first-order valence-electron chi connectivity index (χ1n) is 3.03. The largest absolute Gasteiger partial charge is 0.480 e. The summed E-state index contributed by atoms with van der Waals surface area (Å²) in [5.41, 5.74) is 9.70. The molecule has 0 aliphatic heterocycles. The number of rotatable bonds is 2. The first-order valence-corrected chi connectivity index (χ1v) is 3.03. The van der Waals surface area contributed by atoms with Gasteiger partial charge in [0, 0.05) is 0 Å². The van der Waals surface area contributed by atoms with E-state index in [2.05, 4.69) is 0 Å². The van der Waals surface area contributed by atoms with Crippen molar-refractivity contribution in [3.8, 4) is 0 Å². The zero-order chi connectivity index (χ0) is 9.44. The van der Waals surface area contributed by atoms with E-state index < -0.39 is 18.1 Å². The van der Waals surface area contributed by atoms with Crippen LogP contribution in [-0.2, 0) is 9.59 Å². The minimum atomic E-state index is -0.963. The average Bonchev–Trinajstić information content (AvgIpc) is 1.89. The Bertz CT molecular complexity index is 123. The molecule has 5 nitrogen and oxygen atoms in total. The van der Waals surface area contributed by atoms with Crippen molar-refractivity contribution in [3.63, 3.8) is 0 Å². The maximum absolute atomic E-state index is 9.57. The van der Waals surface area contributed by atoms with Gasteiger partial charge in [-0.15, -0.1) is 0 Å². The Morgan fingerprint density at radius 3 is 1.64 bits per heavy atom. The van der Waals surface area contributed by atoms with E-state index in [9.17, 15) is 9.59 Å². The smallest absolute Gasteiger partial charge is 0.320 e. The molecule has 0 saturated carbocycles. The first-order chi connectivity index (χ1) is 4.91. The normalized spacial score (nSPS) is 13.8. The highest BCUT2D eigenvalue weighted by molar-refractivity contribution is 5.72. The van der Waals surface area contributed by atoms with Gasteiger partial charge >= 0.3 is 5.97 Å². The molecule has 0 saturated heterocycles. The molecule has 0 heterocycles. The highest BCUT2D eigenvalue weighted by Gasteiger charge is 1.99. The third-order valence-electron chi connectivity index (χ3n) is 0.575. The van der Waals surface area contributed by atoms with E-state index in [0.29, 0.717) is 0 Å². The minimum Gasteiger partial charge on any atom is -0.480 e. The van der Waals surface area contributed by atoms with Gasteiger partial charge in [-0.3, -0.25) is 9.59 Å². The van der Waals surface area contributed by atoms with Crippen molar-refractivity contribution in [3.05, 3.63) is 0 Å². The van der Waals surface area contributed by atoms with Crippen molar-refractivity contribution in [2.45, 2.75) is 25.9 Å². The molecule has 1 radical (unpaired) electrons. The van der Waals surface area contributed by atoms with Crippen molar-refractivity contribution < 1.29 is 14.7 Å². The van der Waals surface area contributed by atoms with Crippen LogP contribution in [0.2, 0.25) is 0 Å². The lowest BCUT2D eigenvalue weighted by atomic mass is 10.4. The van der Waals surface area contributed by atoms with Crippen LogP contribution < -0.4 is 11.5 Å². The van der Waals surface area contributed by atoms with E-state index in [4.69, 9.17) is 16.6 Å². The van der Waals surface area contributed by atoms with Crippen molar-refractivity contribution in [2.24, 2.45) is 11.5 Å². The monoisotopic (exact) mass is 161 g/mol. The van der Waals surface area contributed by atoms with E-state index in [1.807, 2.05) is 0 Å². The third-order valence-corrected chi connectivity index (χ3v) is 0.575. The molecule has 0 aliphatic carbocycles. The van der Waals surface area contributed by atoms with Crippen LogP contribution in [0.1, 0.15) is 13.8 Å². The molecule has 65 valence electrons. The molecule has 0 bridgehead atoms. The number of carbonyl (C=O) groups is 1. The number of aliphatic carboxylic acids is 1. The number of carboxylic acids is 1. The number of carboxylic acid groups (broad SMARTS) is 1. The summed E-state index contributed by atoms with van der Waals surface area (Å²) in [4.78, 5) is 18.8. The number of nitrogens with two attached hydrogens (primary N) is 2. The molecular formula is C6H13N2O3. The Labute approximate surface area is 65.4 Å². The summed E-state index contributed by atoms with van der Waals surface area (Å²) in [6.07, 6.45) is 1.56. The summed E-state index contributed by atoms with van der Waals surface area (Å²) in [6, 6.07) is -1.15. The average molecular weight is 161 g/mol. The summed E-state index contributed by atoms with van der Waals surface area (Å²) < 4.78 is 0. The van der Waals surface area contributed by atoms with Crippen LogP contribution in [0.25, 0.3) is 0 Å². The van der Waals surface area contributed by atoms with Gasteiger partial charge in [0.1, 0.15) is 6.04 Å². The molecule has 5 N–H and O–H groups in total. The fourth-order valence-electron chi connectivity index (χ4n) is 0. The van der Waals surface area contributed by atoms with Gasteiger partial charge in [0.15, 0.2) is 0 Å². The Morgan fingerprint density at radius 2 is 1.64 bits per heavy atom. The quantitative estimate of drug-likeness (QED) is 0.474. The fourth-order valence-corrected chi connectivity index (χ4v) is 0. The van der Waals surface area contributed by atoms with E-state index >= 15 is 0 Å². The molecule has 0 unspecified atom stereocenters. The molecule has 0 aromatic heterocycles. The Kier molecular flexibility index (Phi) is 8.29. The molecule has 0 aromatic rings. The number of hydrogen-bond acceptors (Lipinski definition) is 4. The minimum absolute atomic E-state index is 0.421. The van der Waals surface area contributed by atoms with Crippen LogP contribution in [0.3, 0.4) is 0 Å². The van der Waals surface area contributed by atoms with Crippen LogP contribution in [-0.4, -0.2) is 29.4 Å². The molecule has 0 spiro atoms. The van der Waals surface area contributed by atoms with Crippen molar-refractivity contribution in [2.75, 3.05) is 0 Å². The maximum Gasteiger partial charge on any atom is 0.320 e. The van der Waals surface area contributed by atoms with Crippen molar-refractivity contribution in [1.29, 1.82) is 0 Å². The van der Waals surface area contributed by atoms with Gasteiger partial charge in [0.2, 0.25) is 6.29 Å². The van der Waals surface area contributed by atoms with E-state index in [0.717, 1.165) is 0 Å². The van der Waals surface area contributed by atoms with Gasteiger partial charge in [-0.25, -0.2) is 0 Å². The van der Waals surface area contributed by atoms with E-state index in [-0.39, 0.29) is 0 Å². The Morgan fingerprint density at radius 1 is 1.45 bits per heavy atom.